The number of fused-ring (bicyclic) bond motifs is 1. The molecule has 0 aliphatic rings. The maximum atomic E-state index is 12.2. The summed E-state index contributed by atoms with van der Waals surface area (Å²) in [5.41, 5.74) is 1.55. The van der Waals surface area contributed by atoms with E-state index < -0.39 is 18.0 Å². The lowest BCUT2D eigenvalue weighted by atomic mass is 10.1. The molecule has 1 N–H and O–H groups in total. The number of ether oxygens (including phenoxy) is 1. The van der Waals surface area contributed by atoms with Crippen molar-refractivity contribution in [1.29, 1.82) is 5.26 Å². The summed E-state index contributed by atoms with van der Waals surface area (Å²) in [6.45, 7) is 1.50. The molecule has 140 valence electrons. The van der Waals surface area contributed by atoms with Crippen LogP contribution in [0.3, 0.4) is 0 Å². The van der Waals surface area contributed by atoms with Gasteiger partial charge in [-0.05, 0) is 41.5 Å². The van der Waals surface area contributed by atoms with Crippen LogP contribution in [0.1, 0.15) is 18.1 Å². The lowest BCUT2D eigenvalue weighted by molar-refractivity contribution is -0.152. The molecule has 0 aromatic heterocycles. The summed E-state index contributed by atoms with van der Waals surface area (Å²) in [4.78, 5) is 24.4. The van der Waals surface area contributed by atoms with Gasteiger partial charge in [-0.15, -0.1) is 0 Å². The van der Waals surface area contributed by atoms with E-state index in [0.29, 0.717) is 11.3 Å². The number of halogens is 1. The molecular formula is C22H17ClN2O3. The first-order valence-electron chi connectivity index (χ1n) is 8.64. The zero-order chi connectivity index (χ0) is 20.1. The Balaban J connectivity index is 1.59. The number of rotatable bonds is 5. The highest BCUT2D eigenvalue weighted by molar-refractivity contribution is 6.32. The Morgan fingerprint density at radius 2 is 1.86 bits per heavy atom. The van der Waals surface area contributed by atoms with Crippen LogP contribution in [0.4, 0.5) is 5.69 Å². The summed E-state index contributed by atoms with van der Waals surface area (Å²) >= 11 is 5.95. The number of hydrogen-bond acceptors (Lipinski definition) is 4. The first-order chi connectivity index (χ1) is 13.5. The monoisotopic (exact) mass is 392 g/mol. The van der Waals surface area contributed by atoms with Crippen molar-refractivity contribution < 1.29 is 14.3 Å². The molecular weight excluding hydrogens is 376 g/mol. The number of hydrogen-bond donors (Lipinski definition) is 1. The number of nitriles is 1. The number of carbonyl (C=O) groups is 2. The van der Waals surface area contributed by atoms with Crippen LogP contribution in [-0.2, 0) is 20.7 Å². The summed E-state index contributed by atoms with van der Waals surface area (Å²) in [5, 5.41) is 13.9. The number of benzene rings is 3. The van der Waals surface area contributed by atoms with Gasteiger partial charge in [0.25, 0.3) is 5.91 Å². The normalized spacial score (nSPS) is 11.5. The second kappa shape index (κ2) is 8.55. The van der Waals surface area contributed by atoms with Crippen molar-refractivity contribution in [3.8, 4) is 6.07 Å². The summed E-state index contributed by atoms with van der Waals surface area (Å²) in [5.74, 6) is -0.969. The van der Waals surface area contributed by atoms with E-state index in [4.69, 9.17) is 21.6 Å². The van der Waals surface area contributed by atoms with Crippen molar-refractivity contribution in [2.24, 2.45) is 0 Å². The van der Waals surface area contributed by atoms with Crippen molar-refractivity contribution in [2.45, 2.75) is 19.4 Å². The molecule has 0 radical (unpaired) electrons. The fraction of sp³-hybridized carbons (Fsp3) is 0.136. The van der Waals surface area contributed by atoms with Gasteiger partial charge in [0.2, 0.25) is 0 Å². The maximum Gasteiger partial charge on any atom is 0.311 e. The Labute approximate surface area is 167 Å². The Kier molecular flexibility index (Phi) is 5.93. The van der Waals surface area contributed by atoms with Crippen LogP contribution in [-0.4, -0.2) is 18.0 Å². The van der Waals surface area contributed by atoms with Crippen molar-refractivity contribution in [3.63, 3.8) is 0 Å². The van der Waals surface area contributed by atoms with Gasteiger partial charge >= 0.3 is 5.97 Å². The van der Waals surface area contributed by atoms with Crippen LogP contribution in [0.25, 0.3) is 10.8 Å². The van der Waals surface area contributed by atoms with E-state index in [1.165, 1.54) is 19.1 Å². The van der Waals surface area contributed by atoms with E-state index in [1.54, 1.807) is 6.07 Å². The van der Waals surface area contributed by atoms with Gasteiger partial charge < -0.3 is 10.1 Å². The maximum absolute atomic E-state index is 12.2. The molecule has 3 aromatic carbocycles. The van der Waals surface area contributed by atoms with Gasteiger partial charge in [-0.1, -0.05) is 54.1 Å². The van der Waals surface area contributed by atoms with Crippen LogP contribution >= 0.6 is 11.6 Å². The first-order valence-corrected chi connectivity index (χ1v) is 9.02. The molecule has 0 unspecified atom stereocenters. The molecule has 5 nitrogen and oxygen atoms in total. The first kappa shape index (κ1) is 19.4. The van der Waals surface area contributed by atoms with Crippen LogP contribution in [0, 0.1) is 11.3 Å². The van der Waals surface area contributed by atoms with Crippen molar-refractivity contribution in [1.82, 2.24) is 0 Å². The lowest BCUT2D eigenvalue weighted by Crippen LogP contribution is -2.30. The average Bonchev–Trinajstić information content (AvgIpc) is 2.68. The van der Waals surface area contributed by atoms with E-state index in [1.807, 2.05) is 48.5 Å². The lowest BCUT2D eigenvalue weighted by Gasteiger charge is -2.14. The molecule has 3 aromatic rings. The molecule has 28 heavy (non-hydrogen) atoms. The van der Waals surface area contributed by atoms with E-state index >= 15 is 0 Å². The number of nitrogens with one attached hydrogen (secondary N) is 1. The fourth-order valence-electron chi connectivity index (χ4n) is 2.74. The second-order valence-corrected chi connectivity index (χ2v) is 6.69. The third-order valence-electron chi connectivity index (χ3n) is 4.20. The highest BCUT2D eigenvalue weighted by Crippen LogP contribution is 2.20. The zero-order valence-corrected chi connectivity index (χ0v) is 15.9. The molecule has 0 aliphatic heterocycles. The summed E-state index contributed by atoms with van der Waals surface area (Å²) in [6, 6.07) is 20.1. The Bertz CT molecular complexity index is 1090. The van der Waals surface area contributed by atoms with Crippen molar-refractivity contribution in [3.05, 3.63) is 76.8 Å². The van der Waals surface area contributed by atoms with E-state index in [2.05, 4.69) is 5.32 Å². The highest BCUT2D eigenvalue weighted by Gasteiger charge is 2.18. The van der Waals surface area contributed by atoms with E-state index in [-0.39, 0.29) is 11.4 Å². The molecule has 6 heteroatoms. The molecule has 0 saturated heterocycles. The Morgan fingerprint density at radius 3 is 2.57 bits per heavy atom. The van der Waals surface area contributed by atoms with Gasteiger partial charge in [0.1, 0.15) is 6.07 Å². The molecule has 3 rings (SSSR count). The summed E-state index contributed by atoms with van der Waals surface area (Å²) < 4.78 is 5.24. The number of esters is 1. The molecule has 0 saturated carbocycles. The largest absolute Gasteiger partial charge is 0.452 e. The van der Waals surface area contributed by atoms with Crippen LogP contribution in [0.15, 0.2) is 60.7 Å². The third kappa shape index (κ3) is 4.67. The predicted octanol–water partition coefficient (Wildman–Crippen LogP) is 4.48. The Hall–Kier alpha value is -3.36. The van der Waals surface area contributed by atoms with E-state index in [9.17, 15) is 9.59 Å². The van der Waals surface area contributed by atoms with Crippen LogP contribution in [0.2, 0.25) is 5.02 Å². The van der Waals surface area contributed by atoms with Gasteiger partial charge in [0, 0.05) is 5.69 Å². The van der Waals surface area contributed by atoms with Crippen LogP contribution < -0.4 is 5.32 Å². The minimum absolute atomic E-state index is 0.0746. The molecule has 0 aliphatic carbocycles. The molecule has 0 fully saturated rings. The third-order valence-corrected chi connectivity index (χ3v) is 4.51. The standard InChI is InChI=1S/C22H17ClN2O3/c1-14(22(27)25-19-9-8-18(13-24)20(23)12-19)28-21(26)11-15-6-7-16-4-2-3-5-17(16)10-15/h2-10,12,14H,11H2,1H3,(H,25,27)/t14-/m0/s1. The SMILES string of the molecule is C[C@H](OC(=O)Cc1ccc2ccccc2c1)C(=O)Nc1ccc(C#N)c(Cl)c1. The van der Waals surface area contributed by atoms with Crippen molar-refractivity contribution in [2.75, 3.05) is 5.32 Å². The molecule has 0 bridgehead atoms. The van der Waals surface area contributed by atoms with Gasteiger partial charge in [0.05, 0.1) is 17.0 Å². The minimum Gasteiger partial charge on any atom is -0.452 e. The fourth-order valence-corrected chi connectivity index (χ4v) is 2.96. The molecule has 1 atom stereocenters. The quantitative estimate of drug-likeness (QED) is 0.649. The number of anilines is 1. The Morgan fingerprint density at radius 1 is 1.11 bits per heavy atom. The van der Waals surface area contributed by atoms with E-state index in [0.717, 1.165) is 16.3 Å². The second-order valence-electron chi connectivity index (χ2n) is 6.29. The van der Waals surface area contributed by atoms with Crippen molar-refractivity contribution >= 4 is 39.9 Å². The van der Waals surface area contributed by atoms with Gasteiger partial charge in [-0.2, -0.15) is 5.26 Å². The zero-order valence-electron chi connectivity index (χ0n) is 15.1. The molecule has 1 amide bonds. The average molecular weight is 393 g/mol. The van der Waals surface area contributed by atoms with Gasteiger partial charge in [-0.25, -0.2) is 0 Å². The number of amides is 1. The van der Waals surface area contributed by atoms with Gasteiger partial charge in [-0.3, -0.25) is 9.59 Å². The smallest absolute Gasteiger partial charge is 0.311 e. The minimum atomic E-state index is -0.970. The van der Waals surface area contributed by atoms with Crippen LogP contribution in [0.5, 0.6) is 0 Å². The topological polar surface area (TPSA) is 79.2 Å². The number of nitrogens with zero attached hydrogens (tertiary/aromatic N) is 1. The summed E-state index contributed by atoms with van der Waals surface area (Å²) in [6.07, 6.45) is -0.895. The summed E-state index contributed by atoms with van der Waals surface area (Å²) in [7, 11) is 0. The number of carbonyl (C=O) groups excluding carboxylic acids is 2. The van der Waals surface area contributed by atoms with Gasteiger partial charge in [0.15, 0.2) is 6.10 Å². The molecule has 0 heterocycles. The predicted molar refractivity (Wildman–Crippen MR) is 108 cm³/mol. The highest BCUT2D eigenvalue weighted by atomic mass is 35.5. The molecule has 0 spiro atoms.